The lowest BCUT2D eigenvalue weighted by Crippen LogP contribution is -2.06. The summed E-state index contributed by atoms with van der Waals surface area (Å²) in [5, 5.41) is 3.05. The summed E-state index contributed by atoms with van der Waals surface area (Å²) in [6.45, 7) is 2.60. The van der Waals surface area contributed by atoms with E-state index in [-0.39, 0.29) is 5.82 Å². The van der Waals surface area contributed by atoms with E-state index in [4.69, 9.17) is 0 Å². The van der Waals surface area contributed by atoms with Crippen LogP contribution in [0.4, 0.5) is 4.39 Å². The Labute approximate surface area is 101 Å². The van der Waals surface area contributed by atoms with Gasteiger partial charge in [0.1, 0.15) is 5.82 Å². The van der Waals surface area contributed by atoms with E-state index in [1.54, 1.807) is 12.3 Å². The Morgan fingerprint density at radius 3 is 2.76 bits per heavy atom. The summed E-state index contributed by atoms with van der Waals surface area (Å²) in [4.78, 5) is 4.17. The number of nitrogens with zero attached hydrogens (tertiary/aromatic N) is 1. The van der Waals surface area contributed by atoms with Crippen LogP contribution in [0.15, 0.2) is 36.5 Å². The van der Waals surface area contributed by atoms with Crippen LogP contribution < -0.4 is 5.32 Å². The number of hydrogen-bond donors (Lipinski definition) is 1. The molecule has 2 nitrogen and oxygen atoms in total. The third-order valence-electron chi connectivity index (χ3n) is 2.64. The van der Waals surface area contributed by atoms with Crippen LogP contribution in [0.25, 0.3) is 11.1 Å². The second-order valence-corrected chi connectivity index (χ2v) is 4.02. The lowest BCUT2D eigenvalue weighted by Gasteiger charge is -2.10. The van der Waals surface area contributed by atoms with E-state index in [1.807, 2.05) is 32.2 Å². The summed E-state index contributed by atoms with van der Waals surface area (Å²) in [7, 11) is 1.85. The molecule has 0 aliphatic rings. The highest BCUT2D eigenvalue weighted by atomic mass is 19.1. The maximum absolute atomic E-state index is 13.2. The average Bonchev–Trinajstić information content (AvgIpc) is 2.29. The molecule has 2 rings (SSSR count). The van der Waals surface area contributed by atoms with Gasteiger partial charge in [0.2, 0.25) is 0 Å². The third-order valence-corrected chi connectivity index (χ3v) is 2.64. The fraction of sp³-hybridized carbons (Fsp3) is 0.214. The molecule has 1 aromatic heterocycles. The first-order valence-corrected chi connectivity index (χ1v) is 5.57. The lowest BCUT2D eigenvalue weighted by molar-refractivity contribution is 0.624. The molecule has 88 valence electrons. The summed E-state index contributed by atoms with van der Waals surface area (Å²) in [5.41, 5.74) is 4.04. The topological polar surface area (TPSA) is 24.9 Å². The zero-order valence-corrected chi connectivity index (χ0v) is 10.00. The number of pyridine rings is 1. The first-order chi connectivity index (χ1) is 8.20. The molecule has 0 amide bonds. The van der Waals surface area contributed by atoms with Gasteiger partial charge in [0.05, 0.1) is 0 Å². The molecular weight excluding hydrogens is 215 g/mol. The molecule has 0 aliphatic heterocycles. The van der Waals surface area contributed by atoms with E-state index in [0.717, 1.165) is 22.4 Å². The fourth-order valence-electron chi connectivity index (χ4n) is 1.89. The van der Waals surface area contributed by atoms with E-state index in [9.17, 15) is 4.39 Å². The van der Waals surface area contributed by atoms with Gasteiger partial charge in [-0.15, -0.1) is 0 Å². The SMILES string of the molecule is CNCc1cc(F)ccc1-c1ccnc(C)c1. The molecule has 0 saturated heterocycles. The van der Waals surface area contributed by atoms with Crippen LogP contribution in [0.2, 0.25) is 0 Å². The van der Waals surface area contributed by atoms with Gasteiger partial charge >= 0.3 is 0 Å². The monoisotopic (exact) mass is 230 g/mol. The molecule has 3 heteroatoms. The molecule has 1 aromatic carbocycles. The molecule has 1 heterocycles. The Kier molecular flexibility index (Phi) is 3.49. The number of rotatable bonds is 3. The van der Waals surface area contributed by atoms with Crippen molar-refractivity contribution in [2.24, 2.45) is 0 Å². The number of aryl methyl sites for hydroxylation is 1. The van der Waals surface area contributed by atoms with Gasteiger partial charge in [-0.2, -0.15) is 0 Å². The highest BCUT2D eigenvalue weighted by Crippen LogP contribution is 2.24. The van der Waals surface area contributed by atoms with Crippen molar-refractivity contribution >= 4 is 0 Å². The number of nitrogens with one attached hydrogen (secondary N) is 1. The van der Waals surface area contributed by atoms with Gasteiger partial charge in [-0.3, -0.25) is 4.98 Å². The lowest BCUT2D eigenvalue weighted by atomic mass is 10.00. The van der Waals surface area contributed by atoms with Gasteiger partial charge in [-0.1, -0.05) is 6.07 Å². The zero-order valence-electron chi connectivity index (χ0n) is 10.00. The van der Waals surface area contributed by atoms with Crippen LogP contribution in [-0.4, -0.2) is 12.0 Å². The highest BCUT2D eigenvalue weighted by Gasteiger charge is 2.06. The number of halogens is 1. The average molecular weight is 230 g/mol. The second kappa shape index (κ2) is 5.06. The Morgan fingerprint density at radius 2 is 2.06 bits per heavy atom. The Morgan fingerprint density at radius 1 is 1.24 bits per heavy atom. The molecule has 0 bridgehead atoms. The van der Waals surface area contributed by atoms with Crippen molar-refractivity contribution in [3.05, 3.63) is 53.6 Å². The molecule has 17 heavy (non-hydrogen) atoms. The second-order valence-electron chi connectivity index (χ2n) is 4.02. The highest BCUT2D eigenvalue weighted by molar-refractivity contribution is 5.67. The summed E-state index contributed by atoms with van der Waals surface area (Å²) in [6.07, 6.45) is 1.77. The first-order valence-electron chi connectivity index (χ1n) is 5.57. The molecule has 0 spiro atoms. The number of hydrogen-bond acceptors (Lipinski definition) is 2. The molecule has 0 unspecified atom stereocenters. The van der Waals surface area contributed by atoms with Crippen molar-refractivity contribution in [2.75, 3.05) is 7.05 Å². The van der Waals surface area contributed by atoms with Gasteiger partial charge in [-0.05, 0) is 54.9 Å². The van der Waals surface area contributed by atoms with Gasteiger partial charge in [0, 0.05) is 18.4 Å². The van der Waals surface area contributed by atoms with Crippen molar-refractivity contribution in [1.29, 1.82) is 0 Å². The van der Waals surface area contributed by atoms with Crippen LogP contribution in [0, 0.1) is 12.7 Å². The van der Waals surface area contributed by atoms with Crippen molar-refractivity contribution in [3.8, 4) is 11.1 Å². The summed E-state index contributed by atoms with van der Waals surface area (Å²) in [6, 6.07) is 8.83. The van der Waals surface area contributed by atoms with E-state index in [0.29, 0.717) is 6.54 Å². The van der Waals surface area contributed by atoms with E-state index in [2.05, 4.69) is 10.3 Å². The van der Waals surface area contributed by atoms with Crippen LogP contribution in [0.5, 0.6) is 0 Å². The minimum Gasteiger partial charge on any atom is -0.316 e. The van der Waals surface area contributed by atoms with Crippen LogP contribution in [0.3, 0.4) is 0 Å². The smallest absolute Gasteiger partial charge is 0.123 e. The predicted octanol–water partition coefficient (Wildman–Crippen LogP) is 2.92. The van der Waals surface area contributed by atoms with Gasteiger partial charge in [0.15, 0.2) is 0 Å². The minimum atomic E-state index is -0.204. The van der Waals surface area contributed by atoms with E-state index < -0.39 is 0 Å². The predicted molar refractivity (Wildman–Crippen MR) is 67.1 cm³/mol. The largest absolute Gasteiger partial charge is 0.316 e. The number of aromatic nitrogens is 1. The molecule has 0 radical (unpaired) electrons. The Hall–Kier alpha value is -1.74. The normalized spacial score (nSPS) is 10.5. The molecule has 0 atom stereocenters. The van der Waals surface area contributed by atoms with Gasteiger partial charge < -0.3 is 5.32 Å². The van der Waals surface area contributed by atoms with Crippen LogP contribution >= 0.6 is 0 Å². The quantitative estimate of drug-likeness (QED) is 0.877. The van der Waals surface area contributed by atoms with Crippen molar-refractivity contribution in [1.82, 2.24) is 10.3 Å². The van der Waals surface area contributed by atoms with Crippen molar-refractivity contribution in [3.63, 3.8) is 0 Å². The van der Waals surface area contributed by atoms with Gasteiger partial charge in [0.25, 0.3) is 0 Å². The fourth-order valence-corrected chi connectivity index (χ4v) is 1.89. The number of benzene rings is 1. The minimum absolute atomic E-state index is 0.204. The summed E-state index contributed by atoms with van der Waals surface area (Å²) >= 11 is 0. The molecule has 0 saturated carbocycles. The third kappa shape index (κ3) is 2.68. The maximum atomic E-state index is 13.2. The Bertz CT molecular complexity index is 523. The maximum Gasteiger partial charge on any atom is 0.123 e. The summed E-state index contributed by atoms with van der Waals surface area (Å²) < 4.78 is 13.2. The standard InChI is InChI=1S/C14H15FN2/c1-10-7-11(5-6-17-10)14-4-3-13(15)8-12(14)9-16-2/h3-8,16H,9H2,1-2H3. The van der Waals surface area contributed by atoms with Crippen LogP contribution in [-0.2, 0) is 6.54 Å². The molecule has 0 fully saturated rings. The molecular formula is C14H15FN2. The van der Waals surface area contributed by atoms with E-state index >= 15 is 0 Å². The zero-order chi connectivity index (χ0) is 12.3. The van der Waals surface area contributed by atoms with Crippen molar-refractivity contribution in [2.45, 2.75) is 13.5 Å². The van der Waals surface area contributed by atoms with E-state index in [1.165, 1.54) is 6.07 Å². The van der Waals surface area contributed by atoms with Crippen LogP contribution in [0.1, 0.15) is 11.3 Å². The van der Waals surface area contributed by atoms with Crippen molar-refractivity contribution < 1.29 is 4.39 Å². The molecule has 1 N–H and O–H groups in total. The Balaban J connectivity index is 2.50. The molecule has 2 aromatic rings. The van der Waals surface area contributed by atoms with Gasteiger partial charge in [-0.25, -0.2) is 4.39 Å². The first kappa shape index (κ1) is 11.7. The molecule has 0 aliphatic carbocycles. The summed E-state index contributed by atoms with van der Waals surface area (Å²) in [5.74, 6) is -0.204.